The molecule has 0 saturated heterocycles. The molecule has 0 saturated carbocycles. The third-order valence-corrected chi connectivity index (χ3v) is 11.4. The molecule has 10 rings (SSSR count). The van der Waals surface area contributed by atoms with Gasteiger partial charge in [-0.1, -0.05) is 170 Å². The number of nitrogens with zero attached hydrogens (tertiary/aromatic N) is 1. The molecule has 1 nitrogen and oxygen atoms in total. The van der Waals surface area contributed by atoms with Crippen LogP contribution in [-0.4, -0.2) is 4.98 Å². The predicted molar refractivity (Wildman–Crippen MR) is 228 cm³/mol. The molecular weight excluding hydrogens is 855 g/mol. The van der Waals surface area contributed by atoms with E-state index in [0.717, 1.165) is 24.1 Å². The van der Waals surface area contributed by atoms with Crippen molar-refractivity contribution in [2.45, 2.75) is 18.3 Å². The minimum absolute atomic E-state index is 0. The van der Waals surface area contributed by atoms with Gasteiger partial charge in [-0.2, -0.15) is 0 Å². The van der Waals surface area contributed by atoms with Crippen LogP contribution in [0.1, 0.15) is 55.6 Å². The standard InChI is InChI=1S/C54H38N.Ir/c1-5-15-40(16-6-1)49(41-17-7-2-8-18-41)31-38-24-28-47-48-29-25-39(32-50(42-19-9-3-10-20-42)43-21-11-4-12-22-43)34-52(48)54(51(47)33-38)36-45-27-26-44(35-46(45)37-54)53-23-13-14-30-55-53;/h1-25,27-35H,36-37H2;/q-1;. The van der Waals surface area contributed by atoms with Crippen molar-refractivity contribution in [1.29, 1.82) is 0 Å². The summed E-state index contributed by atoms with van der Waals surface area (Å²) < 4.78 is 0. The summed E-state index contributed by atoms with van der Waals surface area (Å²) in [4.78, 5) is 4.67. The summed E-state index contributed by atoms with van der Waals surface area (Å²) in [6, 6.07) is 71.6. The smallest absolute Gasteiger partial charge is 0.0201 e. The van der Waals surface area contributed by atoms with E-state index in [1.165, 1.54) is 77.9 Å². The molecule has 0 bridgehead atoms. The average Bonchev–Trinajstić information content (AvgIpc) is 3.77. The topological polar surface area (TPSA) is 12.9 Å². The SMILES string of the molecule is [Ir].[c-]1cc2c(cc1-c1ccccn1)CC1(C2)c2cc(C=C(c3ccccc3)c3ccccc3)ccc2-c2ccc(C=C(c3ccccc3)c3ccccc3)cc21. The van der Waals surface area contributed by atoms with E-state index in [-0.39, 0.29) is 25.5 Å². The van der Waals surface area contributed by atoms with Crippen LogP contribution in [0.4, 0.5) is 0 Å². The summed E-state index contributed by atoms with van der Waals surface area (Å²) in [7, 11) is 0. The molecule has 2 aliphatic rings. The van der Waals surface area contributed by atoms with Crippen LogP contribution >= 0.6 is 0 Å². The number of rotatable bonds is 7. The quantitative estimate of drug-likeness (QED) is 0.115. The second kappa shape index (κ2) is 15.2. The van der Waals surface area contributed by atoms with Crippen molar-refractivity contribution in [3.8, 4) is 22.4 Å². The first kappa shape index (κ1) is 35.5. The number of fused-ring (bicyclic) bond motifs is 6. The van der Waals surface area contributed by atoms with Gasteiger partial charge in [0.2, 0.25) is 0 Å². The Balaban J connectivity index is 0.00000410. The van der Waals surface area contributed by atoms with Crippen LogP contribution < -0.4 is 0 Å². The summed E-state index contributed by atoms with van der Waals surface area (Å²) in [5.41, 5.74) is 19.7. The zero-order chi connectivity index (χ0) is 36.6. The van der Waals surface area contributed by atoms with Crippen LogP contribution in [0.25, 0.3) is 45.7 Å². The van der Waals surface area contributed by atoms with Gasteiger partial charge in [-0.15, -0.1) is 34.9 Å². The summed E-state index contributed by atoms with van der Waals surface area (Å²) in [6.07, 6.45) is 8.46. The van der Waals surface area contributed by atoms with Crippen molar-refractivity contribution >= 4 is 23.3 Å². The van der Waals surface area contributed by atoms with E-state index in [2.05, 4.69) is 205 Å². The Morgan fingerprint density at radius 1 is 0.482 bits per heavy atom. The van der Waals surface area contributed by atoms with Gasteiger partial charge in [-0.3, -0.25) is 0 Å². The average molecular weight is 893 g/mol. The predicted octanol–water partition coefficient (Wildman–Crippen LogP) is 12.8. The van der Waals surface area contributed by atoms with Gasteiger partial charge in [0.05, 0.1) is 0 Å². The maximum atomic E-state index is 4.67. The normalized spacial score (nSPS) is 12.9. The van der Waals surface area contributed by atoms with Crippen LogP contribution in [0.15, 0.2) is 194 Å². The minimum atomic E-state index is -0.212. The van der Waals surface area contributed by atoms with Crippen molar-refractivity contribution in [1.82, 2.24) is 4.98 Å². The molecule has 269 valence electrons. The van der Waals surface area contributed by atoms with Crippen LogP contribution in [-0.2, 0) is 38.4 Å². The Hall–Kier alpha value is -6.18. The van der Waals surface area contributed by atoms with Crippen molar-refractivity contribution < 1.29 is 20.1 Å². The molecule has 56 heavy (non-hydrogen) atoms. The molecule has 0 unspecified atom stereocenters. The van der Waals surface area contributed by atoms with E-state index in [1.807, 2.05) is 12.3 Å². The van der Waals surface area contributed by atoms with Gasteiger partial charge < -0.3 is 4.98 Å². The molecule has 2 aliphatic carbocycles. The molecule has 0 fully saturated rings. The number of aromatic nitrogens is 1. The Bertz CT molecular complexity index is 2490. The van der Waals surface area contributed by atoms with Crippen molar-refractivity contribution in [3.63, 3.8) is 0 Å². The molecule has 0 aliphatic heterocycles. The van der Waals surface area contributed by atoms with Gasteiger partial charge in [0.25, 0.3) is 0 Å². The molecule has 8 aromatic rings. The monoisotopic (exact) mass is 893 g/mol. The first-order chi connectivity index (χ1) is 27.2. The van der Waals surface area contributed by atoms with Crippen molar-refractivity contribution in [3.05, 3.63) is 256 Å². The fourth-order valence-corrected chi connectivity index (χ4v) is 8.84. The first-order valence-corrected chi connectivity index (χ1v) is 19.1. The van der Waals surface area contributed by atoms with Crippen LogP contribution in [0.3, 0.4) is 0 Å². The van der Waals surface area contributed by atoms with E-state index >= 15 is 0 Å². The fraction of sp³-hybridized carbons (Fsp3) is 0.0556. The van der Waals surface area contributed by atoms with Crippen LogP contribution in [0.2, 0.25) is 0 Å². The number of hydrogen-bond donors (Lipinski definition) is 0. The van der Waals surface area contributed by atoms with Gasteiger partial charge in [0.15, 0.2) is 0 Å². The fourth-order valence-electron chi connectivity index (χ4n) is 8.84. The summed E-state index contributed by atoms with van der Waals surface area (Å²) in [5.74, 6) is 0. The van der Waals surface area contributed by atoms with E-state index in [0.29, 0.717) is 0 Å². The second-order valence-electron chi connectivity index (χ2n) is 14.7. The maximum Gasteiger partial charge on any atom is 0.0201 e. The Kier molecular flexibility index (Phi) is 9.61. The molecular formula is C54H38IrN-. The molecule has 0 N–H and O–H groups in total. The zero-order valence-corrected chi connectivity index (χ0v) is 33.2. The molecule has 1 spiro atoms. The summed E-state index contributed by atoms with van der Waals surface area (Å²) >= 11 is 0. The van der Waals surface area contributed by atoms with E-state index < -0.39 is 0 Å². The van der Waals surface area contributed by atoms with Gasteiger partial charge >= 0.3 is 0 Å². The molecule has 2 heteroatoms. The summed E-state index contributed by atoms with van der Waals surface area (Å²) in [5, 5.41) is 0. The second-order valence-corrected chi connectivity index (χ2v) is 14.7. The molecule has 1 radical (unpaired) electrons. The zero-order valence-electron chi connectivity index (χ0n) is 30.8. The first-order valence-electron chi connectivity index (χ1n) is 19.1. The number of benzene rings is 7. The van der Waals surface area contributed by atoms with E-state index in [4.69, 9.17) is 0 Å². The molecule has 1 heterocycles. The van der Waals surface area contributed by atoms with E-state index in [9.17, 15) is 0 Å². The Morgan fingerprint density at radius 3 is 1.38 bits per heavy atom. The third kappa shape index (κ3) is 6.52. The largest absolute Gasteiger partial charge is 0.305 e. The molecule has 1 aromatic heterocycles. The van der Waals surface area contributed by atoms with Crippen molar-refractivity contribution in [2.75, 3.05) is 0 Å². The Labute approximate surface area is 343 Å². The van der Waals surface area contributed by atoms with Gasteiger partial charge in [-0.25, -0.2) is 0 Å². The third-order valence-electron chi connectivity index (χ3n) is 11.4. The molecule has 7 aromatic carbocycles. The van der Waals surface area contributed by atoms with Crippen LogP contribution in [0.5, 0.6) is 0 Å². The van der Waals surface area contributed by atoms with Crippen molar-refractivity contribution in [2.24, 2.45) is 0 Å². The molecule has 0 amide bonds. The van der Waals surface area contributed by atoms with E-state index in [1.54, 1.807) is 0 Å². The number of pyridine rings is 1. The maximum absolute atomic E-state index is 4.67. The number of hydrogen-bond acceptors (Lipinski definition) is 1. The Morgan fingerprint density at radius 2 is 0.929 bits per heavy atom. The minimum Gasteiger partial charge on any atom is -0.305 e. The summed E-state index contributed by atoms with van der Waals surface area (Å²) in [6.45, 7) is 0. The molecule has 0 atom stereocenters. The van der Waals surface area contributed by atoms with Gasteiger partial charge in [-0.05, 0) is 104 Å². The van der Waals surface area contributed by atoms with Gasteiger partial charge in [0, 0.05) is 31.7 Å². The van der Waals surface area contributed by atoms with Crippen LogP contribution in [0, 0.1) is 6.07 Å². The van der Waals surface area contributed by atoms with Gasteiger partial charge in [0.1, 0.15) is 0 Å².